The highest BCUT2D eigenvalue weighted by Gasteiger charge is 2.42. The Bertz CT molecular complexity index is 358. The first-order chi connectivity index (χ1) is 8.26. The first-order valence-corrected chi connectivity index (χ1v) is 6.71. The van der Waals surface area contributed by atoms with Crippen molar-refractivity contribution in [2.45, 2.75) is 19.4 Å². The monoisotopic (exact) mass is 230 g/mol. The SMILES string of the molecule is CN1CC2(CCN(Cc3ccccc3)CC2)C1. The Morgan fingerprint density at radius 3 is 2.29 bits per heavy atom. The number of likely N-dealkylation sites (tertiary alicyclic amines) is 2. The van der Waals surface area contributed by atoms with Gasteiger partial charge in [0.25, 0.3) is 0 Å². The molecule has 2 fully saturated rings. The highest BCUT2D eigenvalue weighted by Crippen LogP contribution is 2.39. The Morgan fingerprint density at radius 2 is 1.71 bits per heavy atom. The molecule has 3 rings (SSSR count). The predicted octanol–water partition coefficient (Wildman–Crippen LogP) is 2.21. The van der Waals surface area contributed by atoms with Crippen molar-refractivity contribution in [1.82, 2.24) is 9.80 Å². The Labute approximate surface area is 104 Å². The van der Waals surface area contributed by atoms with Gasteiger partial charge in [0.2, 0.25) is 0 Å². The third-order valence-corrected chi connectivity index (χ3v) is 4.38. The van der Waals surface area contributed by atoms with Gasteiger partial charge in [0.05, 0.1) is 0 Å². The number of benzene rings is 1. The van der Waals surface area contributed by atoms with Crippen molar-refractivity contribution in [2.75, 3.05) is 33.2 Å². The average molecular weight is 230 g/mol. The maximum atomic E-state index is 2.61. The van der Waals surface area contributed by atoms with Gasteiger partial charge in [-0.3, -0.25) is 4.90 Å². The Morgan fingerprint density at radius 1 is 1.06 bits per heavy atom. The van der Waals surface area contributed by atoms with Crippen LogP contribution in [0.15, 0.2) is 30.3 Å². The average Bonchev–Trinajstić information content (AvgIpc) is 2.32. The van der Waals surface area contributed by atoms with Crippen LogP contribution >= 0.6 is 0 Å². The summed E-state index contributed by atoms with van der Waals surface area (Å²) in [6.07, 6.45) is 2.79. The van der Waals surface area contributed by atoms with Crippen molar-refractivity contribution in [3.63, 3.8) is 0 Å². The molecule has 2 heteroatoms. The smallest absolute Gasteiger partial charge is 0.0233 e. The third-order valence-electron chi connectivity index (χ3n) is 4.38. The highest BCUT2D eigenvalue weighted by molar-refractivity contribution is 5.14. The quantitative estimate of drug-likeness (QED) is 0.768. The van der Waals surface area contributed by atoms with E-state index in [1.165, 1.54) is 44.6 Å². The lowest BCUT2D eigenvalue weighted by Gasteiger charge is -2.53. The van der Waals surface area contributed by atoms with E-state index < -0.39 is 0 Å². The number of nitrogens with zero attached hydrogens (tertiary/aromatic N) is 2. The zero-order valence-corrected chi connectivity index (χ0v) is 10.7. The lowest BCUT2D eigenvalue weighted by molar-refractivity contribution is -0.0329. The molecule has 0 atom stereocenters. The first kappa shape index (κ1) is 11.2. The maximum Gasteiger partial charge on any atom is 0.0233 e. The summed E-state index contributed by atoms with van der Waals surface area (Å²) in [7, 11) is 2.24. The van der Waals surface area contributed by atoms with Crippen LogP contribution in [0.2, 0.25) is 0 Å². The Kier molecular flexibility index (Phi) is 2.93. The fraction of sp³-hybridized carbons (Fsp3) is 0.600. The molecule has 1 spiro atoms. The van der Waals surface area contributed by atoms with Crippen LogP contribution in [0.1, 0.15) is 18.4 Å². The molecule has 0 N–H and O–H groups in total. The summed E-state index contributed by atoms with van der Waals surface area (Å²) in [5.41, 5.74) is 2.14. The van der Waals surface area contributed by atoms with E-state index in [9.17, 15) is 0 Å². The van der Waals surface area contributed by atoms with E-state index in [0.29, 0.717) is 5.41 Å². The molecule has 0 unspecified atom stereocenters. The molecule has 0 bridgehead atoms. The predicted molar refractivity (Wildman–Crippen MR) is 70.9 cm³/mol. The second kappa shape index (κ2) is 4.43. The van der Waals surface area contributed by atoms with Gasteiger partial charge in [-0.05, 0) is 44.0 Å². The zero-order chi connectivity index (χ0) is 11.7. The number of rotatable bonds is 2. The number of piperidine rings is 1. The lowest BCUT2D eigenvalue weighted by Crippen LogP contribution is -2.58. The van der Waals surface area contributed by atoms with E-state index in [4.69, 9.17) is 0 Å². The third kappa shape index (κ3) is 2.38. The van der Waals surface area contributed by atoms with Crippen LogP contribution < -0.4 is 0 Å². The van der Waals surface area contributed by atoms with Crippen LogP contribution in [0.4, 0.5) is 0 Å². The fourth-order valence-electron chi connectivity index (χ4n) is 3.44. The van der Waals surface area contributed by atoms with Gasteiger partial charge >= 0.3 is 0 Å². The normalized spacial score (nSPS) is 24.8. The van der Waals surface area contributed by atoms with Crippen molar-refractivity contribution in [3.05, 3.63) is 35.9 Å². The van der Waals surface area contributed by atoms with E-state index in [1.54, 1.807) is 0 Å². The van der Waals surface area contributed by atoms with Crippen LogP contribution in [0.3, 0.4) is 0 Å². The van der Waals surface area contributed by atoms with Crippen molar-refractivity contribution in [1.29, 1.82) is 0 Å². The molecular formula is C15H22N2. The lowest BCUT2D eigenvalue weighted by atomic mass is 9.72. The maximum absolute atomic E-state index is 2.61. The minimum Gasteiger partial charge on any atom is -0.305 e. The second-order valence-electron chi connectivity index (χ2n) is 5.93. The molecule has 1 aromatic rings. The van der Waals surface area contributed by atoms with E-state index in [1.807, 2.05) is 0 Å². The van der Waals surface area contributed by atoms with Gasteiger partial charge in [0.15, 0.2) is 0 Å². The Hall–Kier alpha value is -0.860. The van der Waals surface area contributed by atoms with Crippen molar-refractivity contribution >= 4 is 0 Å². The molecule has 0 radical (unpaired) electrons. The van der Waals surface area contributed by atoms with E-state index in [2.05, 4.69) is 47.2 Å². The van der Waals surface area contributed by atoms with E-state index in [-0.39, 0.29) is 0 Å². The molecule has 0 amide bonds. The fourth-order valence-corrected chi connectivity index (χ4v) is 3.44. The summed E-state index contributed by atoms with van der Waals surface area (Å²) in [6.45, 7) is 6.34. The first-order valence-electron chi connectivity index (χ1n) is 6.71. The molecule has 0 saturated carbocycles. The summed E-state index contributed by atoms with van der Waals surface area (Å²) in [5.74, 6) is 0. The van der Waals surface area contributed by atoms with Crippen LogP contribution in [-0.4, -0.2) is 43.0 Å². The van der Waals surface area contributed by atoms with Gasteiger partial charge in [-0.25, -0.2) is 0 Å². The van der Waals surface area contributed by atoms with E-state index >= 15 is 0 Å². The molecular weight excluding hydrogens is 208 g/mol. The number of hydrogen-bond donors (Lipinski definition) is 0. The van der Waals surface area contributed by atoms with Crippen LogP contribution in [0, 0.1) is 5.41 Å². The summed E-state index contributed by atoms with van der Waals surface area (Å²) in [5, 5.41) is 0. The zero-order valence-electron chi connectivity index (χ0n) is 10.7. The van der Waals surface area contributed by atoms with Gasteiger partial charge in [-0.2, -0.15) is 0 Å². The standard InChI is InChI=1S/C15H22N2/c1-16-12-15(13-16)7-9-17(10-8-15)11-14-5-3-2-4-6-14/h2-6H,7-13H2,1H3. The van der Waals surface area contributed by atoms with Crippen molar-refractivity contribution in [2.24, 2.45) is 5.41 Å². The topological polar surface area (TPSA) is 6.48 Å². The van der Waals surface area contributed by atoms with Crippen LogP contribution in [-0.2, 0) is 6.54 Å². The molecule has 1 aromatic carbocycles. The van der Waals surface area contributed by atoms with E-state index in [0.717, 1.165) is 6.54 Å². The summed E-state index contributed by atoms with van der Waals surface area (Å²) in [4.78, 5) is 5.06. The Balaban J connectivity index is 1.52. The van der Waals surface area contributed by atoms with Crippen LogP contribution in [0.5, 0.6) is 0 Å². The van der Waals surface area contributed by atoms with Gasteiger partial charge < -0.3 is 4.90 Å². The minimum absolute atomic E-state index is 0.682. The largest absolute Gasteiger partial charge is 0.305 e. The van der Waals surface area contributed by atoms with Crippen molar-refractivity contribution < 1.29 is 0 Å². The molecule has 0 aliphatic carbocycles. The second-order valence-corrected chi connectivity index (χ2v) is 5.93. The van der Waals surface area contributed by atoms with Gasteiger partial charge in [0, 0.05) is 19.6 Å². The molecule has 17 heavy (non-hydrogen) atoms. The summed E-state index contributed by atoms with van der Waals surface area (Å²) >= 11 is 0. The molecule has 2 aliphatic heterocycles. The molecule has 2 aliphatic rings. The molecule has 2 heterocycles. The van der Waals surface area contributed by atoms with Crippen molar-refractivity contribution in [3.8, 4) is 0 Å². The summed E-state index contributed by atoms with van der Waals surface area (Å²) < 4.78 is 0. The van der Waals surface area contributed by atoms with Gasteiger partial charge in [-0.15, -0.1) is 0 Å². The van der Waals surface area contributed by atoms with Gasteiger partial charge in [-0.1, -0.05) is 30.3 Å². The summed E-state index contributed by atoms with van der Waals surface area (Å²) in [6, 6.07) is 10.9. The highest BCUT2D eigenvalue weighted by atomic mass is 15.2. The van der Waals surface area contributed by atoms with Crippen LogP contribution in [0.25, 0.3) is 0 Å². The molecule has 92 valence electrons. The molecule has 0 aromatic heterocycles. The minimum atomic E-state index is 0.682. The molecule has 2 nitrogen and oxygen atoms in total. The van der Waals surface area contributed by atoms with Gasteiger partial charge in [0.1, 0.15) is 0 Å². The number of hydrogen-bond acceptors (Lipinski definition) is 2. The molecule has 2 saturated heterocycles.